The van der Waals surface area contributed by atoms with E-state index in [0.717, 1.165) is 16.2 Å². The van der Waals surface area contributed by atoms with Crippen molar-refractivity contribution in [3.63, 3.8) is 0 Å². The summed E-state index contributed by atoms with van der Waals surface area (Å²) in [4.78, 5) is 52.1. The Hall–Kier alpha value is -4.61. The van der Waals surface area contributed by atoms with E-state index in [0.29, 0.717) is 22.7 Å². The maximum absolute atomic E-state index is 13.2. The minimum Gasteiger partial charge on any atom is -0.484 e. The third kappa shape index (κ3) is 7.99. The molecule has 3 aromatic carbocycles. The first-order chi connectivity index (χ1) is 20.2. The van der Waals surface area contributed by atoms with Crippen LogP contribution in [0.15, 0.2) is 89.8 Å². The van der Waals surface area contributed by atoms with E-state index in [1.54, 1.807) is 68.4 Å². The summed E-state index contributed by atoms with van der Waals surface area (Å²) in [6.45, 7) is 3.22. The Balaban J connectivity index is 1.41. The zero-order valence-corrected chi connectivity index (χ0v) is 24.8. The summed E-state index contributed by atoms with van der Waals surface area (Å²) in [6.07, 6.45) is 0. The second-order valence-electron chi connectivity index (χ2n) is 9.00. The number of methoxy groups -OCH3 is 1. The Morgan fingerprint density at radius 2 is 1.52 bits per heavy atom. The first-order valence-corrected chi connectivity index (χ1v) is 14.6. The van der Waals surface area contributed by atoms with Gasteiger partial charge in [-0.1, -0.05) is 42.5 Å². The van der Waals surface area contributed by atoms with Gasteiger partial charge in [-0.25, -0.2) is 4.79 Å². The number of carbonyl (C=O) groups is 4. The molecule has 4 aromatic rings. The lowest BCUT2D eigenvalue weighted by Crippen LogP contribution is -2.23. The average Bonchev–Trinajstić information content (AvgIpc) is 3.32. The number of benzene rings is 3. The van der Waals surface area contributed by atoms with Crippen LogP contribution in [-0.2, 0) is 14.3 Å². The molecule has 3 amide bonds. The summed E-state index contributed by atoms with van der Waals surface area (Å²) in [5.41, 5.74) is 1.71. The molecule has 0 aliphatic carbocycles. The number of carbonyl (C=O) groups excluding carboxylic acids is 4. The highest BCUT2D eigenvalue weighted by molar-refractivity contribution is 8.00. The molecule has 4 rings (SSSR count). The van der Waals surface area contributed by atoms with E-state index < -0.39 is 17.1 Å². The third-order valence-electron chi connectivity index (χ3n) is 5.92. The molecular formula is C31H29N3O6S2. The van der Waals surface area contributed by atoms with E-state index in [-0.39, 0.29) is 33.9 Å². The summed E-state index contributed by atoms with van der Waals surface area (Å²) in [5.74, 6) is -1.14. The molecule has 3 N–H and O–H groups in total. The van der Waals surface area contributed by atoms with Gasteiger partial charge in [0, 0.05) is 16.3 Å². The van der Waals surface area contributed by atoms with Crippen molar-refractivity contribution in [1.82, 2.24) is 0 Å². The Bertz CT molecular complexity index is 1570. The number of para-hydroxylation sites is 2. The number of thiophene rings is 1. The third-order valence-corrected chi connectivity index (χ3v) is 8.22. The van der Waals surface area contributed by atoms with Crippen molar-refractivity contribution in [2.45, 2.75) is 24.0 Å². The first kappa shape index (κ1) is 30.4. The zero-order chi connectivity index (χ0) is 30.1. The molecule has 0 radical (unpaired) electrons. The molecule has 0 spiro atoms. The number of rotatable bonds is 11. The SMILES string of the molecule is COC(=O)c1c(NC(=O)C(C)Sc2cccc(NC(=O)COc3ccccc3)c2)sc(C(=O)Nc2ccccc2)c1C. The van der Waals surface area contributed by atoms with E-state index >= 15 is 0 Å². The van der Waals surface area contributed by atoms with Crippen molar-refractivity contribution < 1.29 is 28.7 Å². The molecule has 0 aliphatic heterocycles. The van der Waals surface area contributed by atoms with Crippen LogP contribution in [0.1, 0.15) is 32.5 Å². The van der Waals surface area contributed by atoms with Crippen molar-refractivity contribution in [3.05, 3.63) is 101 Å². The Morgan fingerprint density at radius 1 is 0.857 bits per heavy atom. The first-order valence-electron chi connectivity index (χ1n) is 12.9. The lowest BCUT2D eigenvalue weighted by Gasteiger charge is -2.13. The molecule has 42 heavy (non-hydrogen) atoms. The second-order valence-corrected chi connectivity index (χ2v) is 11.4. The molecule has 1 heterocycles. The fraction of sp³-hybridized carbons (Fsp3) is 0.161. The maximum Gasteiger partial charge on any atom is 0.341 e. The quantitative estimate of drug-likeness (QED) is 0.137. The predicted molar refractivity (Wildman–Crippen MR) is 166 cm³/mol. The molecule has 0 bridgehead atoms. The number of esters is 1. The minimum absolute atomic E-state index is 0.133. The van der Waals surface area contributed by atoms with Gasteiger partial charge in [0.2, 0.25) is 5.91 Å². The summed E-state index contributed by atoms with van der Waals surface area (Å²) in [6, 6.07) is 25.1. The smallest absolute Gasteiger partial charge is 0.341 e. The largest absolute Gasteiger partial charge is 0.484 e. The van der Waals surface area contributed by atoms with Crippen LogP contribution in [0.25, 0.3) is 0 Å². The lowest BCUT2D eigenvalue weighted by atomic mass is 10.1. The fourth-order valence-electron chi connectivity index (χ4n) is 3.86. The number of hydrogen-bond acceptors (Lipinski definition) is 8. The molecule has 0 saturated carbocycles. The van der Waals surface area contributed by atoms with Crippen molar-refractivity contribution >= 4 is 63.2 Å². The summed E-state index contributed by atoms with van der Waals surface area (Å²) >= 11 is 2.28. The topological polar surface area (TPSA) is 123 Å². The van der Waals surface area contributed by atoms with Crippen LogP contribution in [-0.4, -0.2) is 42.7 Å². The van der Waals surface area contributed by atoms with Gasteiger partial charge in [-0.2, -0.15) is 0 Å². The normalized spacial score (nSPS) is 11.2. The van der Waals surface area contributed by atoms with Crippen LogP contribution >= 0.6 is 23.1 Å². The highest BCUT2D eigenvalue weighted by Crippen LogP contribution is 2.35. The number of nitrogens with one attached hydrogen (secondary N) is 3. The number of thioether (sulfide) groups is 1. The van der Waals surface area contributed by atoms with Gasteiger partial charge in [-0.05, 0) is 61.9 Å². The number of anilines is 3. The summed E-state index contributed by atoms with van der Waals surface area (Å²) in [5, 5.41) is 8.05. The van der Waals surface area contributed by atoms with Crippen molar-refractivity contribution in [2.75, 3.05) is 29.7 Å². The van der Waals surface area contributed by atoms with Gasteiger partial charge in [0.15, 0.2) is 6.61 Å². The molecule has 216 valence electrons. The van der Waals surface area contributed by atoms with Crippen LogP contribution in [0, 0.1) is 6.92 Å². The van der Waals surface area contributed by atoms with Crippen LogP contribution in [0.5, 0.6) is 5.75 Å². The molecule has 0 fully saturated rings. The maximum atomic E-state index is 13.2. The Labute approximate surface area is 251 Å². The molecule has 11 heteroatoms. The highest BCUT2D eigenvalue weighted by Gasteiger charge is 2.27. The zero-order valence-electron chi connectivity index (χ0n) is 23.1. The summed E-state index contributed by atoms with van der Waals surface area (Å²) in [7, 11) is 1.24. The second kappa shape index (κ2) is 14.3. The lowest BCUT2D eigenvalue weighted by molar-refractivity contribution is -0.118. The van der Waals surface area contributed by atoms with Crippen molar-refractivity contribution in [3.8, 4) is 5.75 Å². The minimum atomic E-state index is -0.655. The van der Waals surface area contributed by atoms with Gasteiger partial charge in [0.25, 0.3) is 11.8 Å². The highest BCUT2D eigenvalue weighted by atomic mass is 32.2. The van der Waals surface area contributed by atoms with Gasteiger partial charge >= 0.3 is 5.97 Å². The van der Waals surface area contributed by atoms with Crippen LogP contribution in [0.3, 0.4) is 0 Å². The molecule has 0 aliphatic rings. The van der Waals surface area contributed by atoms with Gasteiger partial charge in [-0.15, -0.1) is 23.1 Å². The summed E-state index contributed by atoms with van der Waals surface area (Å²) < 4.78 is 10.4. The molecule has 0 saturated heterocycles. The van der Waals surface area contributed by atoms with Crippen molar-refractivity contribution in [1.29, 1.82) is 0 Å². The van der Waals surface area contributed by atoms with E-state index in [4.69, 9.17) is 9.47 Å². The molecule has 1 unspecified atom stereocenters. The standard InChI is InChI=1S/C31H29N3O6S2/c1-19-26(31(38)39-3)30(42-27(19)29(37)33-21-11-6-4-7-12-21)34-28(36)20(2)41-24-16-10-13-22(17-24)32-25(35)18-40-23-14-8-5-9-15-23/h4-17,20H,18H2,1-3H3,(H,32,35)(H,33,37)(H,34,36). The van der Waals surface area contributed by atoms with Crippen LogP contribution in [0.4, 0.5) is 16.4 Å². The molecule has 1 aromatic heterocycles. The van der Waals surface area contributed by atoms with Crippen LogP contribution in [0.2, 0.25) is 0 Å². The predicted octanol–water partition coefficient (Wildman–Crippen LogP) is 6.23. The Kier molecular flexibility index (Phi) is 10.4. The van der Waals surface area contributed by atoms with Crippen LogP contribution < -0.4 is 20.7 Å². The Morgan fingerprint density at radius 3 is 2.21 bits per heavy atom. The van der Waals surface area contributed by atoms with Gasteiger partial charge in [0.1, 0.15) is 10.8 Å². The van der Waals surface area contributed by atoms with Gasteiger partial charge in [0.05, 0.1) is 22.8 Å². The van der Waals surface area contributed by atoms with E-state index in [1.807, 2.05) is 30.3 Å². The number of hydrogen-bond donors (Lipinski definition) is 3. The fourth-order valence-corrected chi connectivity index (χ4v) is 5.88. The molecule has 1 atom stereocenters. The van der Waals surface area contributed by atoms with E-state index in [9.17, 15) is 19.2 Å². The average molecular weight is 604 g/mol. The van der Waals surface area contributed by atoms with E-state index in [2.05, 4.69) is 16.0 Å². The van der Waals surface area contributed by atoms with Gasteiger partial charge < -0.3 is 25.4 Å². The monoisotopic (exact) mass is 603 g/mol. The number of amides is 3. The van der Waals surface area contributed by atoms with E-state index in [1.165, 1.54) is 18.9 Å². The molecule has 9 nitrogen and oxygen atoms in total. The molecular weight excluding hydrogens is 574 g/mol. The van der Waals surface area contributed by atoms with Gasteiger partial charge in [-0.3, -0.25) is 14.4 Å². The number of ether oxygens (including phenoxy) is 2. The van der Waals surface area contributed by atoms with Crippen molar-refractivity contribution in [2.24, 2.45) is 0 Å².